The van der Waals surface area contributed by atoms with Gasteiger partial charge in [0.25, 0.3) is 0 Å². The topological polar surface area (TPSA) is 66.4 Å². The smallest absolute Gasteiger partial charge is 0.307 e. The Morgan fingerprint density at radius 3 is 2.67 bits per heavy atom. The van der Waals surface area contributed by atoms with Crippen LogP contribution in [-0.2, 0) is 9.59 Å². The summed E-state index contributed by atoms with van der Waals surface area (Å²) in [5.41, 5.74) is 1.80. The van der Waals surface area contributed by atoms with Gasteiger partial charge in [0.1, 0.15) is 0 Å². The third-order valence-corrected chi connectivity index (χ3v) is 3.46. The van der Waals surface area contributed by atoms with Gasteiger partial charge in [-0.2, -0.15) is 0 Å². The number of hydrogen-bond acceptors (Lipinski definition) is 2. The lowest BCUT2D eigenvalue weighted by atomic mass is 9.95. The first kappa shape index (κ1) is 12.6. The first-order valence-electron chi connectivity index (χ1n) is 6.18. The van der Waals surface area contributed by atoms with Crippen molar-refractivity contribution in [2.24, 2.45) is 11.8 Å². The predicted molar refractivity (Wildman–Crippen MR) is 68.3 cm³/mol. The van der Waals surface area contributed by atoms with Crippen LogP contribution in [0.3, 0.4) is 0 Å². The summed E-state index contributed by atoms with van der Waals surface area (Å²) >= 11 is 0. The third kappa shape index (κ3) is 2.70. The second-order valence-electron chi connectivity index (χ2n) is 4.84. The third-order valence-electron chi connectivity index (χ3n) is 3.46. The molecule has 1 saturated carbocycles. The highest BCUT2D eigenvalue weighted by Gasteiger charge is 2.37. The summed E-state index contributed by atoms with van der Waals surface area (Å²) in [6.07, 6.45) is 2.07. The van der Waals surface area contributed by atoms with Gasteiger partial charge in [0, 0.05) is 5.69 Å². The van der Waals surface area contributed by atoms with Gasteiger partial charge in [-0.1, -0.05) is 18.6 Å². The SMILES string of the molecule is Cc1cccc(NC(=O)C2CCCC2C(=O)O)c1. The summed E-state index contributed by atoms with van der Waals surface area (Å²) < 4.78 is 0. The molecule has 0 spiro atoms. The molecule has 1 aliphatic rings. The summed E-state index contributed by atoms with van der Waals surface area (Å²) in [5, 5.41) is 11.9. The fourth-order valence-electron chi connectivity index (χ4n) is 2.53. The van der Waals surface area contributed by atoms with E-state index in [1.165, 1.54) is 0 Å². The van der Waals surface area contributed by atoms with E-state index in [9.17, 15) is 9.59 Å². The first-order valence-corrected chi connectivity index (χ1v) is 6.18. The Kier molecular flexibility index (Phi) is 3.65. The van der Waals surface area contributed by atoms with Crippen LogP contribution in [0.5, 0.6) is 0 Å². The molecule has 2 atom stereocenters. The van der Waals surface area contributed by atoms with Crippen LogP contribution in [0.25, 0.3) is 0 Å². The molecule has 1 aliphatic carbocycles. The Morgan fingerprint density at radius 2 is 2.00 bits per heavy atom. The molecule has 2 N–H and O–H groups in total. The van der Waals surface area contributed by atoms with Gasteiger partial charge >= 0.3 is 5.97 Å². The number of carbonyl (C=O) groups excluding carboxylic acids is 1. The van der Waals surface area contributed by atoms with Crippen LogP contribution in [-0.4, -0.2) is 17.0 Å². The number of nitrogens with one attached hydrogen (secondary N) is 1. The normalized spacial score (nSPS) is 22.7. The number of rotatable bonds is 3. The van der Waals surface area contributed by atoms with Crippen molar-refractivity contribution in [3.8, 4) is 0 Å². The average Bonchev–Trinajstić information content (AvgIpc) is 2.77. The zero-order chi connectivity index (χ0) is 13.1. The van der Waals surface area contributed by atoms with Crippen molar-refractivity contribution in [3.05, 3.63) is 29.8 Å². The zero-order valence-electron chi connectivity index (χ0n) is 10.3. The minimum absolute atomic E-state index is 0.175. The number of anilines is 1. The number of aryl methyl sites for hydroxylation is 1. The Morgan fingerprint density at radius 1 is 1.28 bits per heavy atom. The lowest BCUT2D eigenvalue weighted by Crippen LogP contribution is -2.29. The van der Waals surface area contributed by atoms with E-state index in [0.29, 0.717) is 12.8 Å². The van der Waals surface area contributed by atoms with Gasteiger partial charge in [0.15, 0.2) is 0 Å². The second-order valence-corrected chi connectivity index (χ2v) is 4.84. The molecule has 4 nitrogen and oxygen atoms in total. The van der Waals surface area contributed by atoms with Crippen molar-refractivity contribution >= 4 is 17.6 Å². The highest BCUT2D eigenvalue weighted by molar-refractivity contribution is 5.95. The molecule has 2 unspecified atom stereocenters. The van der Waals surface area contributed by atoms with Crippen molar-refractivity contribution in [2.45, 2.75) is 26.2 Å². The van der Waals surface area contributed by atoms with E-state index < -0.39 is 17.8 Å². The minimum Gasteiger partial charge on any atom is -0.481 e. The van der Waals surface area contributed by atoms with Crippen LogP contribution in [0.2, 0.25) is 0 Å². The molecule has 2 rings (SSSR count). The van der Waals surface area contributed by atoms with Gasteiger partial charge in [-0.25, -0.2) is 0 Å². The molecule has 0 aliphatic heterocycles. The maximum Gasteiger partial charge on any atom is 0.307 e. The molecular formula is C14H17NO3. The lowest BCUT2D eigenvalue weighted by molar-refractivity contribution is -0.145. The fourth-order valence-corrected chi connectivity index (χ4v) is 2.53. The van der Waals surface area contributed by atoms with Crippen molar-refractivity contribution in [3.63, 3.8) is 0 Å². The molecule has 1 aromatic carbocycles. The molecule has 0 heterocycles. The van der Waals surface area contributed by atoms with E-state index in [2.05, 4.69) is 5.32 Å². The number of carbonyl (C=O) groups is 2. The molecular weight excluding hydrogens is 230 g/mol. The Labute approximate surface area is 106 Å². The summed E-state index contributed by atoms with van der Waals surface area (Å²) in [7, 11) is 0. The van der Waals surface area contributed by atoms with E-state index in [4.69, 9.17) is 5.11 Å². The van der Waals surface area contributed by atoms with E-state index in [-0.39, 0.29) is 5.91 Å². The van der Waals surface area contributed by atoms with Crippen molar-refractivity contribution in [1.82, 2.24) is 0 Å². The largest absolute Gasteiger partial charge is 0.481 e. The molecule has 0 saturated heterocycles. The number of carboxylic acid groups (broad SMARTS) is 1. The van der Waals surface area contributed by atoms with Crippen LogP contribution >= 0.6 is 0 Å². The molecule has 0 bridgehead atoms. The Bertz CT molecular complexity index is 470. The van der Waals surface area contributed by atoms with Crippen molar-refractivity contribution in [1.29, 1.82) is 0 Å². The number of carboxylic acids is 1. The molecule has 96 valence electrons. The van der Waals surface area contributed by atoms with Gasteiger partial charge in [-0.3, -0.25) is 9.59 Å². The molecule has 0 radical (unpaired) electrons. The molecule has 4 heteroatoms. The van der Waals surface area contributed by atoms with Crippen molar-refractivity contribution in [2.75, 3.05) is 5.32 Å². The maximum atomic E-state index is 12.1. The highest BCUT2D eigenvalue weighted by Crippen LogP contribution is 2.32. The minimum atomic E-state index is -0.864. The van der Waals surface area contributed by atoms with Crippen molar-refractivity contribution < 1.29 is 14.7 Å². The fraction of sp³-hybridized carbons (Fsp3) is 0.429. The number of aliphatic carboxylic acids is 1. The quantitative estimate of drug-likeness (QED) is 0.862. The number of amides is 1. The predicted octanol–water partition coefficient (Wildman–Crippen LogP) is 2.43. The van der Waals surface area contributed by atoms with Gasteiger partial charge in [-0.15, -0.1) is 0 Å². The van der Waals surface area contributed by atoms with E-state index in [1.807, 2.05) is 31.2 Å². The molecule has 18 heavy (non-hydrogen) atoms. The molecule has 0 aromatic heterocycles. The number of benzene rings is 1. The lowest BCUT2D eigenvalue weighted by Gasteiger charge is -2.15. The van der Waals surface area contributed by atoms with Gasteiger partial charge in [0.05, 0.1) is 11.8 Å². The number of hydrogen-bond donors (Lipinski definition) is 2. The molecule has 1 fully saturated rings. The maximum absolute atomic E-state index is 12.1. The standard InChI is InChI=1S/C14H17NO3/c1-9-4-2-5-10(8-9)15-13(16)11-6-3-7-12(11)14(17)18/h2,4-5,8,11-12H,3,6-7H2,1H3,(H,15,16)(H,17,18). The van der Waals surface area contributed by atoms with Crippen LogP contribution in [0.15, 0.2) is 24.3 Å². The van der Waals surface area contributed by atoms with Gasteiger partial charge in [-0.05, 0) is 37.5 Å². The molecule has 1 amide bonds. The summed E-state index contributed by atoms with van der Waals surface area (Å²) in [6.45, 7) is 1.95. The molecule has 1 aromatic rings. The Hall–Kier alpha value is -1.84. The van der Waals surface area contributed by atoms with E-state index >= 15 is 0 Å². The van der Waals surface area contributed by atoms with Crippen LogP contribution < -0.4 is 5.32 Å². The summed E-state index contributed by atoms with van der Waals surface area (Å²) in [5.74, 6) is -1.97. The zero-order valence-corrected chi connectivity index (χ0v) is 10.3. The summed E-state index contributed by atoms with van der Waals surface area (Å²) in [4.78, 5) is 23.1. The van der Waals surface area contributed by atoms with E-state index in [1.54, 1.807) is 0 Å². The van der Waals surface area contributed by atoms with Crippen LogP contribution in [0.1, 0.15) is 24.8 Å². The average molecular weight is 247 g/mol. The Balaban J connectivity index is 2.06. The second kappa shape index (κ2) is 5.21. The highest BCUT2D eigenvalue weighted by atomic mass is 16.4. The van der Waals surface area contributed by atoms with Gasteiger partial charge < -0.3 is 10.4 Å². The van der Waals surface area contributed by atoms with Crippen LogP contribution in [0.4, 0.5) is 5.69 Å². The van der Waals surface area contributed by atoms with Crippen LogP contribution in [0, 0.1) is 18.8 Å². The van der Waals surface area contributed by atoms with Gasteiger partial charge in [0.2, 0.25) is 5.91 Å². The summed E-state index contributed by atoms with van der Waals surface area (Å²) in [6, 6.07) is 7.51. The monoisotopic (exact) mass is 247 g/mol. The first-order chi connectivity index (χ1) is 8.58. The van der Waals surface area contributed by atoms with E-state index in [0.717, 1.165) is 17.7 Å².